The summed E-state index contributed by atoms with van der Waals surface area (Å²) in [5, 5.41) is 0.310. The van der Waals surface area contributed by atoms with E-state index in [2.05, 4.69) is 24.3 Å². The highest BCUT2D eigenvalue weighted by Gasteiger charge is 2.14. The van der Waals surface area contributed by atoms with Crippen LogP contribution >= 0.6 is 11.8 Å². The summed E-state index contributed by atoms with van der Waals surface area (Å²) in [5.41, 5.74) is 7.27. The van der Waals surface area contributed by atoms with E-state index in [0.717, 1.165) is 12.8 Å². The summed E-state index contributed by atoms with van der Waals surface area (Å²) in [7, 11) is 0. The number of fused-ring (bicyclic) bond motifs is 1. The molecule has 1 heterocycles. The van der Waals surface area contributed by atoms with Crippen molar-refractivity contribution in [2.45, 2.75) is 23.1 Å². The monoisotopic (exact) mass is 165 g/mol. The third-order valence-corrected chi connectivity index (χ3v) is 3.14. The molecule has 1 aliphatic rings. The standard InChI is InChI=1S/C9H11NS/c10-9-6-5-7-3-1-2-4-8(7)11-9/h1-4,9H,5-6,10H2/t9-/m0/s1. The fraction of sp³-hybridized carbons (Fsp3) is 0.333. The fourth-order valence-corrected chi connectivity index (χ4v) is 2.39. The lowest BCUT2D eigenvalue weighted by molar-refractivity contribution is 0.758. The molecule has 1 aromatic carbocycles. The van der Waals surface area contributed by atoms with Crippen molar-refractivity contribution in [2.75, 3.05) is 0 Å². The van der Waals surface area contributed by atoms with E-state index < -0.39 is 0 Å². The number of nitrogens with two attached hydrogens (primary N) is 1. The third-order valence-electron chi connectivity index (χ3n) is 1.95. The smallest absolute Gasteiger partial charge is 0.0557 e. The van der Waals surface area contributed by atoms with Gasteiger partial charge in [-0.25, -0.2) is 0 Å². The highest BCUT2D eigenvalue weighted by molar-refractivity contribution is 8.00. The molecule has 1 atom stereocenters. The molecule has 0 bridgehead atoms. The largest absolute Gasteiger partial charge is 0.319 e. The van der Waals surface area contributed by atoms with Gasteiger partial charge >= 0.3 is 0 Å². The van der Waals surface area contributed by atoms with Crippen molar-refractivity contribution in [2.24, 2.45) is 5.73 Å². The Morgan fingerprint density at radius 3 is 3.09 bits per heavy atom. The summed E-state index contributed by atoms with van der Waals surface area (Å²) in [6.45, 7) is 0. The van der Waals surface area contributed by atoms with E-state index in [9.17, 15) is 0 Å². The van der Waals surface area contributed by atoms with E-state index >= 15 is 0 Å². The van der Waals surface area contributed by atoms with Crippen LogP contribution in [0.25, 0.3) is 0 Å². The summed E-state index contributed by atoms with van der Waals surface area (Å²) in [6.07, 6.45) is 2.26. The average molecular weight is 165 g/mol. The number of hydrogen-bond donors (Lipinski definition) is 1. The van der Waals surface area contributed by atoms with Crippen molar-refractivity contribution in [3.63, 3.8) is 0 Å². The average Bonchev–Trinajstić information content (AvgIpc) is 2.04. The number of rotatable bonds is 0. The number of aryl methyl sites for hydroxylation is 1. The first-order valence-electron chi connectivity index (χ1n) is 3.86. The van der Waals surface area contributed by atoms with E-state index in [0.29, 0.717) is 5.37 Å². The molecular formula is C9H11NS. The molecule has 1 aliphatic heterocycles. The highest BCUT2D eigenvalue weighted by Crippen LogP contribution is 2.32. The van der Waals surface area contributed by atoms with E-state index in [1.807, 2.05) is 0 Å². The van der Waals surface area contributed by atoms with Crippen molar-refractivity contribution in [1.82, 2.24) is 0 Å². The second kappa shape index (κ2) is 2.88. The van der Waals surface area contributed by atoms with Gasteiger partial charge in [0.2, 0.25) is 0 Å². The predicted octanol–water partition coefficient (Wildman–Crippen LogP) is 2.01. The van der Waals surface area contributed by atoms with Crippen LogP contribution < -0.4 is 5.73 Å². The Balaban J connectivity index is 2.34. The van der Waals surface area contributed by atoms with Gasteiger partial charge in [-0.3, -0.25) is 0 Å². The third kappa shape index (κ3) is 1.42. The number of hydrogen-bond acceptors (Lipinski definition) is 2. The molecule has 58 valence electrons. The molecule has 0 saturated heterocycles. The van der Waals surface area contributed by atoms with Crippen LogP contribution in [-0.2, 0) is 6.42 Å². The quantitative estimate of drug-likeness (QED) is 0.636. The molecule has 2 heteroatoms. The first kappa shape index (κ1) is 7.19. The van der Waals surface area contributed by atoms with E-state index in [4.69, 9.17) is 5.73 Å². The van der Waals surface area contributed by atoms with E-state index in [1.165, 1.54) is 10.5 Å². The molecular weight excluding hydrogens is 154 g/mol. The van der Waals surface area contributed by atoms with Gasteiger partial charge in [0.1, 0.15) is 0 Å². The Morgan fingerprint density at radius 1 is 1.36 bits per heavy atom. The molecule has 0 radical (unpaired) electrons. The minimum Gasteiger partial charge on any atom is -0.319 e. The Kier molecular flexibility index (Phi) is 1.88. The lowest BCUT2D eigenvalue weighted by Gasteiger charge is -2.19. The molecule has 2 rings (SSSR count). The van der Waals surface area contributed by atoms with Gasteiger partial charge in [0, 0.05) is 4.90 Å². The Hall–Kier alpha value is -0.470. The fourth-order valence-electron chi connectivity index (χ4n) is 1.35. The van der Waals surface area contributed by atoms with E-state index in [1.54, 1.807) is 11.8 Å². The Labute approximate surface area is 71.0 Å². The highest BCUT2D eigenvalue weighted by atomic mass is 32.2. The van der Waals surface area contributed by atoms with Crippen molar-refractivity contribution < 1.29 is 0 Å². The minimum absolute atomic E-state index is 0.310. The van der Waals surface area contributed by atoms with Crippen molar-refractivity contribution in [3.05, 3.63) is 29.8 Å². The second-order valence-electron chi connectivity index (χ2n) is 2.80. The maximum Gasteiger partial charge on any atom is 0.0557 e. The van der Waals surface area contributed by atoms with Gasteiger partial charge in [0.25, 0.3) is 0 Å². The lowest BCUT2D eigenvalue weighted by atomic mass is 10.1. The van der Waals surface area contributed by atoms with Crippen LogP contribution in [0.3, 0.4) is 0 Å². The van der Waals surface area contributed by atoms with Crippen molar-refractivity contribution in [3.8, 4) is 0 Å². The topological polar surface area (TPSA) is 26.0 Å². The SMILES string of the molecule is N[C@@H]1CCc2ccccc2S1. The Morgan fingerprint density at radius 2 is 2.18 bits per heavy atom. The maximum atomic E-state index is 5.81. The van der Waals surface area contributed by atoms with Crippen LogP contribution in [0.5, 0.6) is 0 Å². The van der Waals surface area contributed by atoms with Crippen LogP contribution in [0.1, 0.15) is 12.0 Å². The van der Waals surface area contributed by atoms with E-state index in [-0.39, 0.29) is 0 Å². The molecule has 0 amide bonds. The van der Waals surface area contributed by atoms with Crippen LogP contribution in [0.15, 0.2) is 29.2 Å². The zero-order valence-electron chi connectivity index (χ0n) is 6.29. The second-order valence-corrected chi connectivity index (χ2v) is 4.08. The molecule has 0 unspecified atom stereocenters. The molecule has 1 nitrogen and oxygen atoms in total. The summed E-state index contributed by atoms with van der Waals surface area (Å²) in [4.78, 5) is 1.37. The van der Waals surface area contributed by atoms with Crippen molar-refractivity contribution >= 4 is 11.8 Å². The molecule has 0 aliphatic carbocycles. The Bertz CT molecular complexity index is 259. The van der Waals surface area contributed by atoms with Crippen LogP contribution in [0, 0.1) is 0 Å². The first-order chi connectivity index (χ1) is 5.36. The zero-order chi connectivity index (χ0) is 7.68. The van der Waals surface area contributed by atoms with Gasteiger partial charge < -0.3 is 5.73 Å². The van der Waals surface area contributed by atoms with Gasteiger partial charge in [-0.15, -0.1) is 11.8 Å². The molecule has 11 heavy (non-hydrogen) atoms. The first-order valence-corrected chi connectivity index (χ1v) is 4.74. The predicted molar refractivity (Wildman–Crippen MR) is 48.6 cm³/mol. The summed E-state index contributed by atoms with van der Waals surface area (Å²) in [5.74, 6) is 0. The van der Waals surface area contributed by atoms with Crippen LogP contribution in [0.4, 0.5) is 0 Å². The van der Waals surface area contributed by atoms with Crippen molar-refractivity contribution in [1.29, 1.82) is 0 Å². The lowest BCUT2D eigenvalue weighted by Crippen LogP contribution is -2.19. The van der Waals surface area contributed by atoms with Crippen LogP contribution in [-0.4, -0.2) is 5.37 Å². The number of benzene rings is 1. The molecule has 0 aromatic heterocycles. The molecule has 0 saturated carbocycles. The molecule has 2 N–H and O–H groups in total. The van der Waals surface area contributed by atoms with Gasteiger partial charge in [-0.1, -0.05) is 18.2 Å². The summed E-state index contributed by atoms with van der Waals surface area (Å²) in [6, 6.07) is 8.51. The molecule has 1 aromatic rings. The molecule has 0 spiro atoms. The normalized spacial score (nSPS) is 22.8. The van der Waals surface area contributed by atoms with Gasteiger partial charge in [-0.2, -0.15) is 0 Å². The van der Waals surface area contributed by atoms with Gasteiger partial charge in [0.05, 0.1) is 5.37 Å². The summed E-state index contributed by atoms with van der Waals surface area (Å²) >= 11 is 1.79. The van der Waals surface area contributed by atoms with Crippen LogP contribution in [0.2, 0.25) is 0 Å². The number of thioether (sulfide) groups is 1. The minimum atomic E-state index is 0.310. The molecule has 0 fully saturated rings. The van der Waals surface area contributed by atoms with Gasteiger partial charge in [0.15, 0.2) is 0 Å². The van der Waals surface area contributed by atoms with Gasteiger partial charge in [-0.05, 0) is 24.5 Å². The maximum absolute atomic E-state index is 5.81. The zero-order valence-corrected chi connectivity index (χ0v) is 7.10. The summed E-state index contributed by atoms with van der Waals surface area (Å²) < 4.78 is 0.